The van der Waals surface area contributed by atoms with Crippen molar-refractivity contribution < 1.29 is 4.79 Å². The van der Waals surface area contributed by atoms with Crippen LogP contribution in [0.3, 0.4) is 0 Å². The minimum Gasteiger partial charge on any atom is -0.335 e. The summed E-state index contributed by atoms with van der Waals surface area (Å²) in [6.45, 7) is 1.54. The summed E-state index contributed by atoms with van der Waals surface area (Å²) in [6, 6.07) is 8.61. The first-order valence-corrected chi connectivity index (χ1v) is 8.76. The molecule has 1 aliphatic heterocycles. The molecule has 0 spiro atoms. The van der Waals surface area contributed by atoms with Gasteiger partial charge in [0.05, 0.1) is 6.04 Å². The maximum atomic E-state index is 12.9. The third-order valence-corrected chi connectivity index (χ3v) is 5.54. The quantitative estimate of drug-likeness (QED) is 0.854. The van der Waals surface area contributed by atoms with Crippen LogP contribution in [0.1, 0.15) is 43.7 Å². The Labute approximate surface area is 147 Å². The zero-order valence-corrected chi connectivity index (χ0v) is 15.1. The average molecular weight is 388 g/mol. The van der Waals surface area contributed by atoms with Gasteiger partial charge in [-0.15, -0.1) is 12.4 Å². The van der Waals surface area contributed by atoms with Gasteiger partial charge in [0.15, 0.2) is 0 Å². The van der Waals surface area contributed by atoms with Gasteiger partial charge in [0.1, 0.15) is 0 Å². The summed E-state index contributed by atoms with van der Waals surface area (Å²) in [5, 5.41) is 0. The molecule has 2 N–H and O–H groups in total. The Hall–Kier alpha value is -0.580. The molecule has 1 saturated heterocycles. The van der Waals surface area contributed by atoms with E-state index in [-0.39, 0.29) is 24.4 Å². The van der Waals surface area contributed by atoms with Crippen molar-refractivity contribution in [2.75, 3.05) is 13.1 Å². The molecule has 0 bridgehead atoms. The van der Waals surface area contributed by atoms with E-state index in [1.165, 1.54) is 5.56 Å². The summed E-state index contributed by atoms with van der Waals surface area (Å²) >= 11 is 3.53. The van der Waals surface area contributed by atoms with Crippen LogP contribution in [0.5, 0.6) is 0 Å². The molecule has 0 radical (unpaired) electrons. The molecule has 0 aromatic heterocycles. The number of carbonyl (C=O) groups is 1. The van der Waals surface area contributed by atoms with Crippen LogP contribution in [0.25, 0.3) is 0 Å². The van der Waals surface area contributed by atoms with Gasteiger partial charge in [-0.05, 0) is 55.8 Å². The Bertz CT molecular complexity index is 525. The molecule has 122 valence electrons. The highest BCUT2D eigenvalue weighted by Crippen LogP contribution is 2.38. The lowest BCUT2D eigenvalue weighted by Crippen LogP contribution is -2.38. The minimum atomic E-state index is 0. The normalized spacial score (nSPS) is 27.7. The van der Waals surface area contributed by atoms with Crippen molar-refractivity contribution in [3.8, 4) is 0 Å². The first-order chi connectivity index (χ1) is 10.2. The molecule has 1 saturated carbocycles. The number of hydrogen-bond donors (Lipinski definition) is 1. The summed E-state index contributed by atoms with van der Waals surface area (Å²) in [6.07, 6.45) is 5.45. The molecule has 3 nitrogen and oxygen atoms in total. The SMILES string of the molecule is Cl.NC[C@H]1CCC[C@H]1C(=O)N1CCCC1c1cccc(Br)c1. The third kappa shape index (κ3) is 3.50. The molecule has 3 atom stereocenters. The minimum absolute atomic E-state index is 0. The predicted octanol–water partition coefficient (Wildman–Crippen LogP) is 3.91. The fraction of sp³-hybridized carbons (Fsp3) is 0.588. The number of rotatable bonds is 3. The zero-order chi connectivity index (χ0) is 14.8. The summed E-state index contributed by atoms with van der Waals surface area (Å²) in [4.78, 5) is 15.1. The van der Waals surface area contributed by atoms with Crippen molar-refractivity contribution in [1.29, 1.82) is 0 Å². The summed E-state index contributed by atoms with van der Waals surface area (Å²) in [5.74, 6) is 0.884. The van der Waals surface area contributed by atoms with E-state index in [1.54, 1.807) is 0 Å². The lowest BCUT2D eigenvalue weighted by molar-refractivity contribution is -0.137. The van der Waals surface area contributed by atoms with Gasteiger partial charge in [-0.1, -0.05) is 34.5 Å². The average Bonchev–Trinajstić information content (AvgIpc) is 3.15. The Kier molecular flexibility index (Phi) is 6.30. The Morgan fingerprint density at radius 1 is 1.27 bits per heavy atom. The number of halogens is 2. The van der Waals surface area contributed by atoms with Crippen molar-refractivity contribution in [3.63, 3.8) is 0 Å². The summed E-state index contributed by atoms with van der Waals surface area (Å²) in [7, 11) is 0. The van der Waals surface area contributed by atoms with Gasteiger partial charge >= 0.3 is 0 Å². The van der Waals surface area contributed by atoms with Gasteiger partial charge in [-0.2, -0.15) is 0 Å². The highest BCUT2D eigenvalue weighted by Gasteiger charge is 2.39. The van der Waals surface area contributed by atoms with Crippen molar-refractivity contribution in [1.82, 2.24) is 4.90 Å². The van der Waals surface area contributed by atoms with E-state index in [0.717, 1.165) is 43.1 Å². The smallest absolute Gasteiger partial charge is 0.226 e. The lowest BCUT2D eigenvalue weighted by Gasteiger charge is -2.30. The Balaban J connectivity index is 0.00000176. The van der Waals surface area contributed by atoms with Gasteiger partial charge in [-0.25, -0.2) is 0 Å². The first kappa shape index (κ1) is 17.8. The predicted molar refractivity (Wildman–Crippen MR) is 95.0 cm³/mol. The van der Waals surface area contributed by atoms with Crippen molar-refractivity contribution in [2.24, 2.45) is 17.6 Å². The van der Waals surface area contributed by atoms with Crippen LogP contribution < -0.4 is 5.73 Å². The van der Waals surface area contributed by atoms with E-state index < -0.39 is 0 Å². The van der Waals surface area contributed by atoms with E-state index in [9.17, 15) is 4.79 Å². The fourth-order valence-corrected chi connectivity index (χ4v) is 4.36. The van der Waals surface area contributed by atoms with Crippen LogP contribution in [0.4, 0.5) is 0 Å². The molecule has 1 aromatic rings. The molecule has 3 rings (SSSR count). The van der Waals surface area contributed by atoms with Crippen molar-refractivity contribution >= 4 is 34.2 Å². The number of benzene rings is 1. The van der Waals surface area contributed by atoms with Gasteiger partial charge in [0, 0.05) is 16.9 Å². The molecule has 1 amide bonds. The molecule has 1 heterocycles. The number of amides is 1. The van der Waals surface area contributed by atoms with Crippen LogP contribution in [0, 0.1) is 11.8 Å². The standard InChI is InChI=1S/C17H23BrN2O.ClH/c18-14-6-1-4-12(10-14)16-8-3-9-20(16)17(21)15-7-2-5-13(15)11-19;/h1,4,6,10,13,15-16H,2-3,5,7-9,11,19H2;1H/t13-,15-,16?;/m1./s1. The second kappa shape index (κ2) is 7.80. The molecule has 2 fully saturated rings. The van der Waals surface area contributed by atoms with Crippen molar-refractivity contribution in [2.45, 2.75) is 38.1 Å². The second-order valence-electron chi connectivity index (χ2n) is 6.28. The number of nitrogens with zero attached hydrogens (tertiary/aromatic N) is 1. The Morgan fingerprint density at radius 2 is 2.09 bits per heavy atom. The van der Waals surface area contributed by atoms with Gasteiger partial charge < -0.3 is 10.6 Å². The number of hydrogen-bond acceptors (Lipinski definition) is 2. The molecule has 1 unspecified atom stereocenters. The monoisotopic (exact) mass is 386 g/mol. The highest BCUT2D eigenvalue weighted by atomic mass is 79.9. The molecule has 1 aliphatic carbocycles. The van der Waals surface area contributed by atoms with Gasteiger partial charge in [0.25, 0.3) is 0 Å². The van der Waals surface area contributed by atoms with Gasteiger partial charge in [-0.3, -0.25) is 4.79 Å². The van der Waals surface area contributed by atoms with Crippen LogP contribution in [-0.2, 0) is 4.79 Å². The van der Waals surface area contributed by atoms with E-state index in [2.05, 4.69) is 39.0 Å². The number of likely N-dealkylation sites (tertiary alicyclic amines) is 1. The second-order valence-corrected chi connectivity index (χ2v) is 7.19. The van der Waals surface area contributed by atoms with Crippen LogP contribution in [-0.4, -0.2) is 23.9 Å². The van der Waals surface area contributed by atoms with Gasteiger partial charge in [0.2, 0.25) is 5.91 Å². The third-order valence-electron chi connectivity index (χ3n) is 5.05. The van der Waals surface area contributed by atoms with E-state index in [0.29, 0.717) is 18.4 Å². The van der Waals surface area contributed by atoms with Crippen LogP contribution in [0.15, 0.2) is 28.7 Å². The lowest BCUT2D eigenvalue weighted by atomic mass is 9.94. The number of carbonyl (C=O) groups excluding carboxylic acids is 1. The Morgan fingerprint density at radius 3 is 2.82 bits per heavy atom. The number of nitrogens with two attached hydrogens (primary N) is 1. The molecule has 1 aromatic carbocycles. The molecular formula is C17H24BrClN2O. The van der Waals surface area contributed by atoms with E-state index in [1.807, 2.05) is 6.07 Å². The topological polar surface area (TPSA) is 46.3 Å². The zero-order valence-electron chi connectivity index (χ0n) is 12.7. The van der Waals surface area contributed by atoms with E-state index >= 15 is 0 Å². The summed E-state index contributed by atoms with van der Waals surface area (Å²) in [5.41, 5.74) is 7.10. The largest absolute Gasteiger partial charge is 0.335 e. The maximum absolute atomic E-state index is 12.9. The summed E-state index contributed by atoms with van der Waals surface area (Å²) < 4.78 is 1.08. The van der Waals surface area contributed by atoms with E-state index in [4.69, 9.17) is 5.73 Å². The molecule has 5 heteroatoms. The first-order valence-electron chi connectivity index (χ1n) is 7.96. The van der Waals surface area contributed by atoms with Crippen molar-refractivity contribution in [3.05, 3.63) is 34.3 Å². The van der Waals surface area contributed by atoms with Crippen LogP contribution in [0.2, 0.25) is 0 Å². The molecule has 2 aliphatic rings. The molecule has 22 heavy (non-hydrogen) atoms. The fourth-order valence-electron chi connectivity index (χ4n) is 3.95. The van der Waals surface area contributed by atoms with Crippen LogP contribution >= 0.6 is 28.3 Å². The maximum Gasteiger partial charge on any atom is 0.226 e. The molecular weight excluding hydrogens is 364 g/mol. The highest BCUT2D eigenvalue weighted by molar-refractivity contribution is 9.10.